The number of halogens is 1. The van der Waals surface area contributed by atoms with Gasteiger partial charge in [-0.15, -0.1) is 0 Å². The fourth-order valence-electron chi connectivity index (χ4n) is 1.29. The van der Waals surface area contributed by atoms with Gasteiger partial charge in [0.2, 0.25) is 0 Å². The number of nitrogens with one attached hydrogen (secondary N) is 1. The molecule has 1 amide bonds. The maximum Gasteiger partial charge on any atom is 0.407 e. The summed E-state index contributed by atoms with van der Waals surface area (Å²) < 4.78 is 6.11. The van der Waals surface area contributed by atoms with Gasteiger partial charge in [0.1, 0.15) is 6.61 Å². The maximum atomic E-state index is 11.5. The van der Waals surface area contributed by atoms with E-state index < -0.39 is 0 Å². The third kappa shape index (κ3) is 5.91. The van der Waals surface area contributed by atoms with Gasteiger partial charge in [-0.05, 0) is 31.9 Å². The van der Waals surface area contributed by atoms with Gasteiger partial charge in [-0.3, -0.25) is 0 Å². The molecule has 0 unspecified atom stereocenters. The predicted octanol–water partition coefficient (Wildman–Crippen LogP) is 3.65. The van der Waals surface area contributed by atoms with Gasteiger partial charge in [-0.25, -0.2) is 4.79 Å². The van der Waals surface area contributed by atoms with Gasteiger partial charge < -0.3 is 10.1 Å². The molecule has 0 spiro atoms. The first kappa shape index (κ1) is 14.3. The molecule has 1 aromatic rings. The monoisotopic (exact) mass is 347 g/mol. The lowest BCUT2D eigenvalue weighted by Gasteiger charge is -2.20. The molecule has 0 radical (unpaired) electrons. The van der Waals surface area contributed by atoms with E-state index in [1.165, 1.54) is 5.56 Å². The number of hydrogen-bond acceptors (Lipinski definition) is 2. The van der Waals surface area contributed by atoms with Crippen LogP contribution in [-0.4, -0.2) is 11.6 Å². The van der Waals surface area contributed by atoms with Crippen LogP contribution in [0.1, 0.15) is 31.9 Å². The molecule has 0 atom stereocenters. The number of hydrogen-bond donors (Lipinski definition) is 1. The lowest BCUT2D eigenvalue weighted by Crippen LogP contribution is -2.40. The molecule has 1 rings (SSSR count). The first-order valence-corrected chi connectivity index (χ1v) is 7.02. The Kier molecular flexibility index (Phi) is 5.24. The second-order valence-corrected chi connectivity index (χ2v) is 5.67. The van der Waals surface area contributed by atoms with E-state index in [1.807, 2.05) is 32.9 Å². The van der Waals surface area contributed by atoms with Gasteiger partial charge in [0.15, 0.2) is 0 Å². The van der Waals surface area contributed by atoms with E-state index >= 15 is 0 Å². The number of rotatable bonds is 3. The fourth-order valence-corrected chi connectivity index (χ4v) is 1.77. The van der Waals surface area contributed by atoms with E-state index in [1.54, 1.807) is 0 Å². The lowest BCUT2D eigenvalue weighted by atomic mass is 10.1. The van der Waals surface area contributed by atoms with Gasteiger partial charge >= 0.3 is 6.09 Å². The molecule has 0 saturated carbocycles. The SMILES string of the molecule is CC(C)(C)NC(=O)OCc1cccc(CI)c1. The Balaban J connectivity index is 2.47. The van der Waals surface area contributed by atoms with Crippen LogP contribution in [-0.2, 0) is 15.8 Å². The van der Waals surface area contributed by atoms with E-state index in [0.717, 1.165) is 9.99 Å². The van der Waals surface area contributed by atoms with Crippen molar-refractivity contribution in [1.82, 2.24) is 5.32 Å². The summed E-state index contributed by atoms with van der Waals surface area (Å²) >= 11 is 2.31. The van der Waals surface area contributed by atoms with Gasteiger partial charge in [-0.1, -0.05) is 46.9 Å². The number of carbonyl (C=O) groups excluding carboxylic acids is 1. The highest BCUT2D eigenvalue weighted by atomic mass is 127. The predicted molar refractivity (Wildman–Crippen MR) is 77.2 cm³/mol. The molecule has 0 heterocycles. The van der Waals surface area contributed by atoms with E-state index in [2.05, 4.69) is 40.0 Å². The average molecular weight is 347 g/mol. The summed E-state index contributed by atoms with van der Waals surface area (Å²) in [5, 5.41) is 2.76. The van der Waals surface area contributed by atoms with E-state index in [0.29, 0.717) is 6.61 Å². The minimum absolute atomic E-state index is 0.263. The fraction of sp³-hybridized carbons (Fsp3) is 0.462. The first-order valence-electron chi connectivity index (χ1n) is 5.49. The molecule has 0 fully saturated rings. The standard InChI is InChI=1S/C13H18INO2/c1-13(2,3)15-12(16)17-9-11-6-4-5-10(7-11)8-14/h4-7H,8-9H2,1-3H3,(H,15,16). The third-order valence-electron chi connectivity index (χ3n) is 1.99. The normalized spacial score (nSPS) is 11.1. The molecule has 1 N–H and O–H groups in total. The Bertz CT molecular complexity index is 385. The molecule has 0 aliphatic carbocycles. The van der Waals surface area contributed by atoms with Crippen molar-refractivity contribution >= 4 is 28.7 Å². The van der Waals surface area contributed by atoms with E-state index in [4.69, 9.17) is 4.74 Å². The zero-order valence-corrected chi connectivity index (χ0v) is 12.6. The summed E-state index contributed by atoms with van der Waals surface area (Å²) in [4.78, 5) is 11.5. The largest absolute Gasteiger partial charge is 0.445 e. The Morgan fingerprint density at radius 2 is 2.00 bits per heavy atom. The van der Waals surface area contributed by atoms with E-state index in [-0.39, 0.29) is 11.6 Å². The first-order chi connectivity index (χ1) is 7.90. The summed E-state index contributed by atoms with van der Waals surface area (Å²) in [6, 6.07) is 8.05. The van der Waals surface area contributed by atoms with Crippen LogP contribution in [0.15, 0.2) is 24.3 Å². The molecular weight excluding hydrogens is 329 g/mol. The van der Waals surface area contributed by atoms with Crippen LogP contribution in [0.5, 0.6) is 0 Å². The highest BCUT2D eigenvalue weighted by Gasteiger charge is 2.14. The van der Waals surface area contributed by atoms with Crippen LogP contribution in [0.25, 0.3) is 0 Å². The van der Waals surface area contributed by atoms with Gasteiger partial charge in [0.25, 0.3) is 0 Å². The molecule has 3 nitrogen and oxygen atoms in total. The topological polar surface area (TPSA) is 38.3 Å². The lowest BCUT2D eigenvalue weighted by molar-refractivity contribution is 0.131. The van der Waals surface area contributed by atoms with Crippen LogP contribution in [0.4, 0.5) is 4.79 Å². The van der Waals surface area contributed by atoms with Crippen LogP contribution in [0, 0.1) is 0 Å². The van der Waals surface area contributed by atoms with Crippen molar-refractivity contribution in [2.24, 2.45) is 0 Å². The summed E-state index contributed by atoms with van der Waals surface area (Å²) in [7, 11) is 0. The number of amides is 1. The molecule has 1 aromatic carbocycles. The van der Waals surface area contributed by atoms with Crippen LogP contribution in [0.3, 0.4) is 0 Å². The molecule has 0 saturated heterocycles. The molecule has 0 aromatic heterocycles. The van der Waals surface area contributed by atoms with Crippen molar-refractivity contribution in [2.75, 3.05) is 0 Å². The molecule has 0 aliphatic rings. The zero-order chi connectivity index (χ0) is 12.9. The molecule has 94 valence electrons. The van der Waals surface area contributed by atoms with Gasteiger partial charge in [0.05, 0.1) is 0 Å². The summed E-state index contributed by atoms with van der Waals surface area (Å²) in [5.74, 6) is 0. The molecule has 4 heteroatoms. The number of benzene rings is 1. The van der Waals surface area contributed by atoms with Crippen molar-refractivity contribution in [3.8, 4) is 0 Å². The average Bonchev–Trinajstić information content (AvgIpc) is 2.24. The minimum atomic E-state index is -0.377. The molecule has 17 heavy (non-hydrogen) atoms. The Morgan fingerprint density at radius 1 is 1.35 bits per heavy atom. The molecule has 0 bridgehead atoms. The van der Waals surface area contributed by atoms with Crippen LogP contribution < -0.4 is 5.32 Å². The number of alkyl carbamates (subject to hydrolysis) is 1. The number of carbonyl (C=O) groups is 1. The van der Waals surface area contributed by atoms with Crippen LogP contribution in [0.2, 0.25) is 0 Å². The highest BCUT2D eigenvalue weighted by Crippen LogP contribution is 2.10. The van der Waals surface area contributed by atoms with Crippen molar-refractivity contribution in [1.29, 1.82) is 0 Å². The quantitative estimate of drug-likeness (QED) is 0.670. The summed E-state index contributed by atoms with van der Waals surface area (Å²) in [5.41, 5.74) is 1.99. The van der Waals surface area contributed by atoms with Crippen molar-refractivity contribution in [3.63, 3.8) is 0 Å². The maximum absolute atomic E-state index is 11.5. The summed E-state index contributed by atoms with van der Waals surface area (Å²) in [6.07, 6.45) is -0.377. The second-order valence-electron chi connectivity index (χ2n) is 4.90. The Labute approximate surface area is 116 Å². The smallest absolute Gasteiger partial charge is 0.407 e. The van der Waals surface area contributed by atoms with Gasteiger partial charge in [0, 0.05) is 9.97 Å². The van der Waals surface area contributed by atoms with Gasteiger partial charge in [-0.2, -0.15) is 0 Å². The zero-order valence-electron chi connectivity index (χ0n) is 10.4. The Hall–Kier alpha value is -0.780. The molecule has 0 aliphatic heterocycles. The highest BCUT2D eigenvalue weighted by molar-refractivity contribution is 14.1. The number of alkyl halides is 1. The molecular formula is C13H18INO2. The second kappa shape index (κ2) is 6.23. The van der Waals surface area contributed by atoms with Crippen molar-refractivity contribution in [2.45, 2.75) is 37.3 Å². The minimum Gasteiger partial charge on any atom is -0.445 e. The Morgan fingerprint density at radius 3 is 2.59 bits per heavy atom. The third-order valence-corrected chi connectivity index (χ3v) is 2.87. The summed E-state index contributed by atoms with van der Waals surface area (Å²) in [6.45, 7) is 6.08. The van der Waals surface area contributed by atoms with Crippen LogP contribution >= 0.6 is 22.6 Å². The van der Waals surface area contributed by atoms with E-state index in [9.17, 15) is 4.79 Å². The van der Waals surface area contributed by atoms with Crippen molar-refractivity contribution < 1.29 is 9.53 Å². The van der Waals surface area contributed by atoms with Crippen molar-refractivity contribution in [3.05, 3.63) is 35.4 Å². The number of ether oxygens (including phenoxy) is 1.